The standard InChI is InChI=1S/C9H15NO4/c1-7(8(11)12)5-4-6-10(2,3)9(13)14/h5H,4,6H2,1-3H3,(H-,11,12,13,14). The summed E-state index contributed by atoms with van der Waals surface area (Å²) in [5.41, 5.74) is 0.135. The number of carbonyl (C=O) groups is 2. The van der Waals surface area contributed by atoms with E-state index in [9.17, 15) is 14.7 Å². The Morgan fingerprint density at radius 3 is 2.29 bits per heavy atom. The van der Waals surface area contributed by atoms with Crippen LogP contribution in [-0.2, 0) is 4.79 Å². The molecule has 14 heavy (non-hydrogen) atoms. The average Bonchev–Trinajstić information content (AvgIpc) is 2.03. The first kappa shape index (κ1) is 12.6. The molecule has 0 bridgehead atoms. The molecular formula is C9H15NO4. The maximum absolute atomic E-state index is 10.7. The molecule has 0 spiro atoms. The maximum Gasteiger partial charge on any atom is 0.513 e. The summed E-state index contributed by atoms with van der Waals surface area (Å²) in [6.45, 7) is 1.77. The van der Waals surface area contributed by atoms with Gasteiger partial charge in [-0.2, -0.15) is 4.79 Å². The van der Waals surface area contributed by atoms with Gasteiger partial charge in [0, 0.05) is 6.42 Å². The van der Waals surface area contributed by atoms with Gasteiger partial charge < -0.3 is 15.0 Å². The van der Waals surface area contributed by atoms with E-state index in [1.807, 2.05) is 0 Å². The summed E-state index contributed by atoms with van der Waals surface area (Å²) in [4.78, 5) is 20.9. The van der Waals surface area contributed by atoms with Crippen LogP contribution < -0.4 is 5.11 Å². The number of aliphatic carboxylic acids is 1. The first-order valence-electron chi connectivity index (χ1n) is 4.22. The minimum atomic E-state index is -1.22. The van der Waals surface area contributed by atoms with Crippen LogP contribution in [0.3, 0.4) is 0 Å². The first-order valence-corrected chi connectivity index (χ1v) is 4.22. The van der Waals surface area contributed by atoms with Crippen molar-refractivity contribution in [2.45, 2.75) is 13.3 Å². The maximum atomic E-state index is 10.7. The number of hydrogen-bond donors (Lipinski definition) is 1. The van der Waals surface area contributed by atoms with E-state index in [0.29, 0.717) is 13.0 Å². The molecule has 0 aliphatic carbocycles. The Bertz CT molecular complexity index is 268. The summed E-state index contributed by atoms with van der Waals surface area (Å²) in [7, 11) is 3.09. The Morgan fingerprint density at radius 1 is 1.43 bits per heavy atom. The van der Waals surface area contributed by atoms with Crippen molar-refractivity contribution in [3.8, 4) is 0 Å². The van der Waals surface area contributed by atoms with E-state index in [1.165, 1.54) is 13.0 Å². The Morgan fingerprint density at radius 2 is 1.93 bits per heavy atom. The fraction of sp³-hybridized carbons (Fsp3) is 0.556. The topological polar surface area (TPSA) is 77.4 Å². The van der Waals surface area contributed by atoms with E-state index in [0.717, 1.165) is 0 Å². The molecule has 0 fully saturated rings. The highest BCUT2D eigenvalue weighted by atomic mass is 16.4. The third-order valence-electron chi connectivity index (χ3n) is 1.98. The summed E-state index contributed by atoms with van der Waals surface area (Å²) in [6.07, 6.45) is 0.932. The van der Waals surface area contributed by atoms with Gasteiger partial charge in [-0.15, -0.1) is 0 Å². The molecule has 0 saturated heterocycles. The molecule has 0 aliphatic rings. The third kappa shape index (κ3) is 4.04. The van der Waals surface area contributed by atoms with Crippen LogP contribution in [0.4, 0.5) is 4.79 Å². The van der Waals surface area contributed by atoms with E-state index in [1.54, 1.807) is 14.1 Å². The molecule has 0 unspecified atom stereocenters. The molecule has 1 amide bonds. The lowest BCUT2D eigenvalue weighted by atomic mass is 10.2. The van der Waals surface area contributed by atoms with E-state index < -0.39 is 12.1 Å². The zero-order chi connectivity index (χ0) is 11.4. The number of carboxylic acid groups (broad SMARTS) is 2. The van der Waals surface area contributed by atoms with Crippen LogP contribution in [0.2, 0.25) is 0 Å². The Balaban J connectivity index is 4.15. The number of amides is 1. The van der Waals surface area contributed by atoms with Crippen molar-refractivity contribution in [3.05, 3.63) is 11.6 Å². The number of nitrogens with zero attached hydrogens (tertiary/aromatic N) is 1. The van der Waals surface area contributed by atoms with Crippen molar-refractivity contribution < 1.29 is 24.3 Å². The molecule has 0 aromatic rings. The predicted octanol–water partition coefficient (Wildman–Crippen LogP) is -0.173. The Hall–Kier alpha value is -1.36. The molecule has 0 aromatic heterocycles. The minimum absolute atomic E-state index is 0.135. The normalized spacial score (nSPS) is 12.6. The van der Waals surface area contributed by atoms with Crippen molar-refractivity contribution in [1.82, 2.24) is 0 Å². The van der Waals surface area contributed by atoms with Gasteiger partial charge in [0.25, 0.3) is 0 Å². The van der Waals surface area contributed by atoms with Gasteiger partial charge in [-0.25, -0.2) is 4.48 Å². The fourth-order valence-corrected chi connectivity index (χ4v) is 0.783. The molecule has 0 atom stereocenters. The lowest BCUT2D eigenvalue weighted by Gasteiger charge is -2.21. The van der Waals surface area contributed by atoms with E-state index in [2.05, 4.69) is 0 Å². The fourth-order valence-electron chi connectivity index (χ4n) is 0.783. The van der Waals surface area contributed by atoms with Crippen molar-refractivity contribution in [2.75, 3.05) is 20.6 Å². The van der Waals surface area contributed by atoms with E-state index in [4.69, 9.17) is 5.11 Å². The molecule has 80 valence electrons. The van der Waals surface area contributed by atoms with Crippen molar-refractivity contribution in [2.24, 2.45) is 0 Å². The van der Waals surface area contributed by atoms with Gasteiger partial charge in [-0.05, 0) is 12.5 Å². The first-order chi connectivity index (χ1) is 6.27. The monoisotopic (exact) mass is 201 g/mol. The molecule has 0 rings (SSSR count). The molecule has 1 N–H and O–H groups in total. The molecule has 0 radical (unpaired) electrons. The summed E-state index contributed by atoms with van der Waals surface area (Å²) in [5, 5.41) is 19.0. The largest absolute Gasteiger partial charge is 0.545 e. The van der Waals surface area contributed by atoms with Gasteiger partial charge in [0.1, 0.15) is 0 Å². The summed E-state index contributed by atoms with van der Waals surface area (Å²) in [5.74, 6) is -1.22. The second kappa shape index (κ2) is 4.76. The van der Waals surface area contributed by atoms with E-state index >= 15 is 0 Å². The Labute approximate surface area is 82.9 Å². The third-order valence-corrected chi connectivity index (χ3v) is 1.98. The highest BCUT2D eigenvalue weighted by Crippen LogP contribution is 2.02. The predicted molar refractivity (Wildman–Crippen MR) is 48.4 cm³/mol. The minimum Gasteiger partial charge on any atom is -0.545 e. The van der Waals surface area contributed by atoms with Crippen molar-refractivity contribution in [3.63, 3.8) is 0 Å². The summed E-state index contributed by atoms with van der Waals surface area (Å²) in [6, 6.07) is 0. The van der Waals surface area contributed by atoms with Crippen molar-refractivity contribution >= 4 is 12.1 Å². The smallest absolute Gasteiger partial charge is 0.513 e. The number of carboxylic acids is 1. The number of rotatable bonds is 4. The SMILES string of the molecule is CC(=CCC[N+](C)(C)C(=O)O)C(=O)[O-]. The highest BCUT2D eigenvalue weighted by Gasteiger charge is 2.24. The summed E-state index contributed by atoms with van der Waals surface area (Å²) >= 11 is 0. The quantitative estimate of drug-likeness (QED) is 0.506. The second-order valence-corrected chi connectivity index (χ2v) is 3.65. The van der Waals surface area contributed by atoms with Crippen LogP contribution in [-0.4, -0.2) is 42.3 Å². The molecule has 0 saturated carbocycles. The Kier molecular flexibility index (Phi) is 4.30. The van der Waals surface area contributed by atoms with Crippen LogP contribution in [0, 0.1) is 0 Å². The molecule has 5 heteroatoms. The molecule has 0 heterocycles. The van der Waals surface area contributed by atoms with E-state index in [-0.39, 0.29) is 10.1 Å². The van der Waals surface area contributed by atoms with Gasteiger partial charge in [0.05, 0.1) is 26.6 Å². The number of hydrogen-bond acceptors (Lipinski definition) is 3. The van der Waals surface area contributed by atoms with Crippen LogP contribution in [0.15, 0.2) is 11.6 Å². The zero-order valence-electron chi connectivity index (χ0n) is 8.61. The van der Waals surface area contributed by atoms with Gasteiger partial charge >= 0.3 is 6.09 Å². The van der Waals surface area contributed by atoms with Crippen molar-refractivity contribution in [1.29, 1.82) is 0 Å². The molecule has 5 nitrogen and oxygen atoms in total. The van der Waals surface area contributed by atoms with Gasteiger partial charge in [0.2, 0.25) is 0 Å². The summed E-state index contributed by atoms with van der Waals surface area (Å²) < 4.78 is -0.184. The van der Waals surface area contributed by atoms with Crippen LogP contribution in [0.5, 0.6) is 0 Å². The second-order valence-electron chi connectivity index (χ2n) is 3.65. The average molecular weight is 201 g/mol. The molecular weight excluding hydrogens is 186 g/mol. The number of quaternary nitrogens is 1. The van der Waals surface area contributed by atoms with Crippen LogP contribution in [0.25, 0.3) is 0 Å². The van der Waals surface area contributed by atoms with Crippen LogP contribution in [0.1, 0.15) is 13.3 Å². The highest BCUT2D eigenvalue weighted by molar-refractivity contribution is 5.83. The molecule has 0 aliphatic heterocycles. The van der Waals surface area contributed by atoms with Gasteiger partial charge in [-0.1, -0.05) is 6.08 Å². The molecule has 0 aromatic carbocycles. The van der Waals surface area contributed by atoms with Gasteiger partial charge in [-0.3, -0.25) is 0 Å². The van der Waals surface area contributed by atoms with Gasteiger partial charge in [0.15, 0.2) is 0 Å². The van der Waals surface area contributed by atoms with Crippen LogP contribution >= 0.6 is 0 Å². The zero-order valence-corrected chi connectivity index (χ0v) is 8.61. The lowest BCUT2D eigenvalue weighted by Crippen LogP contribution is -2.45. The lowest BCUT2D eigenvalue weighted by molar-refractivity contribution is -0.816. The number of carbonyl (C=O) groups excluding carboxylic acids is 1.